The Balaban J connectivity index is 1.50. The molecule has 0 atom stereocenters. The number of nitrogens with zero attached hydrogens (tertiary/aromatic N) is 2. The van der Waals surface area contributed by atoms with Gasteiger partial charge in [-0.05, 0) is 36.2 Å². The van der Waals surface area contributed by atoms with E-state index in [4.69, 9.17) is 27.9 Å². The van der Waals surface area contributed by atoms with Gasteiger partial charge in [-0.15, -0.1) is 0 Å². The molecule has 4 nitrogen and oxygen atoms in total. The predicted octanol–water partition coefficient (Wildman–Crippen LogP) is 4.25. The first-order chi connectivity index (χ1) is 13.0. The van der Waals surface area contributed by atoms with Gasteiger partial charge in [0.05, 0.1) is 5.02 Å². The largest absolute Gasteiger partial charge is 0.482 e. The third kappa shape index (κ3) is 5.83. The van der Waals surface area contributed by atoms with Crippen molar-refractivity contribution < 1.29 is 13.9 Å². The van der Waals surface area contributed by atoms with Crippen LogP contribution in [0.5, 0.6) is 5.75 Å². The summed E-state index contributed by atoms with van der Waals surface area (Å²) in [5.74, 6) is 0.103. The van der Waals surface area contributed by atoms with Gasteiger partial charge in [0.2, 0.25) is 0 Å². The molecule has 0 aliphatic carbocycles. The van der Waals surface area contributed by atoms with E-state index in [1.165, 1.54) is 12.1 Å². The van der Waals surface area contributed by atoms with Crippen molar-refractivity contribution in [2.75, 3.05) is 32.8 Å². The van der Waals surface area contributed by atoms with E-state index >= 15 is 0 Å². The Kier molecular flexibility index (Phi) is 6.94. The molecule has 0 unspecified atom stereocenters. The van der Waals surface area contributed by atoms with E-state index in [1.807, 2.05) is 4.90 Å². The first-order valence-electron chi connectivity index (χ1n) is 8.84. The maximum atomic E-state index is 13.0. The van der Waals surface area contributed by atoms with Gasteiger partial charge in [-0.1, -0.05) is 35.3 Å². The van der Waals surface area contributed by atoms with Gasteiger partial charge in [0.1, 0.15) is 11.6 Å². The SMILES string of the molecule is O=C(COc1cc(Cl)ccc1Cl)N1CCCN(Cc2ccc(F)cc2)CC1. The maximum absolute atomic E-state index is 13.0. The summed E-state index contributed by atoms with van der Waals surface area (Å²) in [6, 6.07) is 11.5. The average molecular weight is 411 g/mol. The first kappa shape index (κ1) is 19.9. The molecule has 27 heavy (non-hydrogen) atoms. The molecule has 144 valence electrons. The number of rotatable bonds is 5. The lowest BCUT2D eigenvalue weighted by Crippen LogP contribution is -2.38. The van der Waals surface area contributed by atoms with Gasteiger partial charge in [0, 0.05) is 43.8 Å². The predicted molar refractivity (Wildman–Crippen MR) is 105 cm³/mol. The fraction of sp³-hybridized carbons (Fsp3) is 0.350. The number of halogens is 3. The van der Waals surface area contributed by atoms with Gasteiger partial charge in [0.15, 0.2) is 6.61 Å². The molecule has 0 saturated carbocycles. The van der Waals surface area contributed by atoms with Crippen LogP contribution in [0.4, 0.5) is 4.39 Å². The number of hydrogen-bond acceptors (Lipinski definition) is 3. The fourth-order valence-corrected chi connectivity index (χ4v) is 3.38. The van der Waals surface area contributed by atoms with Crippen LogP contribution in [0.3, 0.4) is 0 Å². The van der Waals surface area contributed by atoms with Crippen molar-refractivity contribution >= 4 is 29.1 Å². The fourth-order valence-electron chi connectivity index (χ4n) is 3.05. The lowest BCUT2D eigenvalue weighted by atomic mass is 10.2. The van der Waals surface area contributed by atoms with Crippen LogP contribution in [-0.4, -0.2) is 48.5 Å². The van der Waals surface area contributed by atoms with Crippen molar-refractivity contribution in [2.45, 2.75) is 13.0 Å². The monoisotopic (exact) mass is 410 g/mol. The Labute approximate surface area is 168 Å². The molecule has 1 fully saturated rings. The smallest absolute Gasteiger partial charge is 0.260 e. The Hall–Kier alpha value is -1.82. The van der Waals surface area contributed by atoms with E-state index in [1.54, 1.807) is 30.3 Å². The van der Waals surface area contributed by atoms with Crippen LogP contribution in [-0.2, 0) is 11.3 Å². The molecule has 1 amide bonds. The molecule has 7 heteroatoms. The van der Waals surface area contributed by atoms with E-state index < -0.39 is 0 Å². The number of amides is 1. The molecule has 1 heterocycles. The lowest BCUT2D eigenvalue weighted by Gasteiger charge is -2.22. The summed E-state index contributed by atoms with van der Waals surface area (Å²) in [4.78, 5) is 16.6. The van der Waals surface area contributed by atoms with E-state index in [-0.39, 0.29) is 18.3 Å². The molecular formula is C20H21Cl2FN2O2. The minimum absolute atomic E-state index is 0.0714. The third-order valence-corrected chi connectivity index (χ3v) is 5.05. The topological polar surface area (TPSA) is 32.8 Å². The molecule has 0 bridgehead atoms. The summed E-state index contributed by atoms with van der Waals surface area (Å²) in [6.07, 6.45) is 0.880. The molecule has 1 aliphatic rings. The van der Waals surface area contributed by atoms with Gasteiger partial charge < -0.3 is 9.64 Å². The van der Waals surface area contributed by atoms with Gasteiger partial charge in [-0.25, -0.2) is 4.39 Å². The first-order valence-corrected chi connectivity index (χ1v) is 9.59. The highest BCUT2D eigenvalue weighted by Gasteiger charge is 2.20. The molecule has 2 aromatic carbocycles. The third-order valence-electron chi connectivity index (χ3n) is 4.51. The second-order valence-electron chi connectivity index (χ2n) is 6.50. The molecule has 3 rings (SSSR count). The molecule has 0 radical (unpaired) electrons. The number of hydrogen-bond donors (Lipinski definition) is 0. The second kappa shape index (κ2) is 9.40. The van der Waals surface area contributed by atoms with Crippen LogP contribution in [0.1, 0.15) is 12.0 Å². The summed E-state index contributed by atoms with van der Waals surface area (Å²) in [6.45, 7) is 3.65. The van der Waals surface area contributed by atoms with E-state index in [0.717, 1.165) is 31.6 Å². The number of carbonyl (C=O) groups excluding carboxylic acids is 1. The maximum Gasteiger partial charge on any atom is 0.260 e. The van der Waals surface area contributed by atoms with E-state index in [0.29, 0.717) is 28.9 Å². The molecule has 1 aliphatic heterocycles. The highest BCUT2D eigenvalue weighted by atomic mass is 35.5. The molecule has 0 N–H and O–H groups in total. The van der Waals surface area contributed by atoms with Gasteiger partial charge in [-0.3, -0.25) is 9.69 Å². The lowest BCUT2D eigenvalue weighted by molar-refractivity contribution is -0.133. The number of carbonyl (C=O) groups is 1. The molecule has 0 spiro atoms. The van der Waals surface area contributed by atoms with Gasteiger partial charge >= 0.3 is 0 Å². The highest BCUT2D eigenvalue weighted by molar-refractivity contribution is 6.34. The summed E-state index contributed by atoms with van der Waals surface area (Å²) in [7, 11) is 0. The van der Waals surface area contributed by atoms with Crippen LogP contribution in [0.2, 0.25) is 10.0 Å². The Morgan fingerprint density at radius 2 is 1.81 bits per heavy atom. The van der Waals surface area contributed by atoms with Crippen LogP contribution in [0.25, 0.3) is 0 Å². The zero-order valence-electron chi connectivity index (χ0n) is 14.8. The van der Waals surface area contributed by atoms with Crippen molar-refractivity contribution in [1.29, 1.82) is 0 Å². The average Bonchev–Trinajstić information content (AvgIpc) is 2.90. The quantitative estimate of drug-likeness (QED) is 0.738. The Bertz CT molecular complexity index is 786. The van der Waals surface area contributed by atoms with Crippen LogP contribution < -0.4 is 4.74 Å². The molecule has 0 aromatic heterocycles. The molecule has 2 aromatic rings. The van der Waals surface area contributed by atoms with E-state index in [9.17, 15) is 9.18 Å². The zero-order chi connectivity index (χ0) is 19.2. The molecular weight excluding hydrogens is 390 g/mol. The van der Waals surface area contributed by atoms with Crippen molar-refractivity contribution in [3.8, 4) is 5.75 Å². The normalized spacial score (nSPS) is 15.4. The van der Waals surface area contributed by atoms with Crippen LogP contribution in [0.15, 0.2) is 42.5 Å². The van der Waals surface area contributed by atoms with Crippen molar-refractivity contribution in [3.63, 3.8) is 0 Å². The summed E-state index contributed by atoms with van der Waals surface area (Å²) < 4.78 is 18.6. The van der Waals surface area contributed by atoms with Crippen LogP contribution in [0, 0.1) is 5.82 Å². The highest BCUT2D eigenvalue weighted by Crippen LogP contribution is 2.27. The number of ether oxygens (including phenoxy) is 1. The summed E-state index contributed by atoms with van der Waals surface area (Å²) in [5.41, 5.74) is 1.06. The zero-order valence-corrected chi connectivity index (χ0v) is 16.3. The van der Waals surface area contributed by atoms with Gasteiger partial charge in [0.25, 0.3) is 5.91 Å². The Morgan fingerprint density at radius 1 is 1.04 bits per heavy atom. The molecule has 1 saturated heterocycles. The standard InChI is InChI=1S/C20H21Cl2FN2O2/c21-16-4-7-18(22)19(12-16)27-14-20(26)25-9-1-8-24(10-11-25)13-15-2-5-17(23)6-3-15/h2-7,12H,1,8-11,13-14H2. The summed E-state index contributed by atoms with van der Waals surface area (Å²) >= 11 is 12.0. The summed E-state index contributed by atoms with van der Waals surface area (Å²) in [5, 5.41) is 0.932. The minimum Gasteiger partial charge on any atom is -0.482 e. The Morgan fingerprint density at radius 3 is 2.59 bits per heavy atom. The van der Waals surface area contributed by atoms with E-state index in [2.05, 4.69) is 4.90 Å². The van der Waals surface area contributed by atoms with Gasteiger partial charge in [-0.2, -0.15) is 0 Å². The van der Waals surface area contributed by atoms with Crippen molar-refractivity contribution in [3.05, 3.63) is 63.9 Å². The van der Waals surface area contributed by atoms with Crippen LogP contribution >= 0.6 is 23.2 Å². The minimum atomic E-state index is -0.230. The second-order valence-corrected chi connectivity index (χ2v) is 7.34. The van der Waals surface area contributed by atoms with Crippen molar-refractivity contribution in [2.24, 2.45) is 0 Å². The number of benzene rings is 2. The van der Waals surface area contributed by atoms with Crippen molar-refractivity contribution in [1.82, 2.24) is 9.80 Å².